The van der Waals surface area contributed by atoms with Crippen LogP contribution in [0.25, 0.3) is 0 Å². The van der Waals surface area contributed by atoms with Gasteiger partial charge in [0, 0.05) is 19.2 Å². The molecule has 0 saturated heterocycles. The molecule has 1 aromatic carbocycles. The third kappa shape index (κ3) is 4.07. The van der Waals surface area contributed by atoms with Crippen LogP contribution in [0, 0.1) is 0 Å². The van der Waals surface area contributed by atoms with Crippen LogP contribution >= 0.6 is 0 Å². The molecule has 0 aliphatic heterocycles. The van der Waals surface area contributed by atoms with Gasteiger partial charge in [0.15, 0.2) is 0 Å². The Morgan fingerprint density at radius 2 is 2.00 bits per heavy atom. The van der Waals surface area contributed by atoms with E-state index < -0.39 is 0 Å². The van der Waals surface area contributed by atoms with Gasteiger partial charge in [0.25, 0.3) is 5.91 Å². The highest BCUT2D eigenvalue weighted by atomic mass is 16.5. The van der Waals surface area contributed by atoms with Crippen LogP contribution < -0.4 is 10.6 Å². The molecular formula is C15H17N3O2. The van der Waals surface area contributed by atoms with Gasteiger partial charge in [0.1, 0.15) is 5.82 Å². The molecule has 0 unspecified atom stereocenters. The van der Waals surface area contributed by atoms with Crippen LogP contribution in [0.5, 0.6) is 0 Å². The molecule has 0 aliphatic rings. The summed E-state index contributed by atoms with van der Waals surface area (Å²) in [6, 6.07) is 12.7. The van der Waals surface area contributed by atoms with Crippen LogP contribution in [0.2, 0.25) is 0 Å². The van der Waals surface area contributed by atoms with Crippen LogP contribution in [0.3, 0.4) is 0 Å². The molecule has 20 heavy (non-hydrogen) atoms. The van der Waals surface area contributed by atoms with Crippen LogP contribution in [-0.2, 0) is 4.74 Å². The summed E-state index contributed by atoms with van der Waals surface area (Å²) in [5.41, 5.74) is 1.28. The van der Waals surface area contributed by atoms with E-state index in [1.165, 1.54) is 0 Å². The van der Waals surface area contributed by atoms with Gasteiger partial charge in [-0.05, 0) is 24.3 Å². The summed E-state index contributed by atoms with van der Waals surface area (Å²) in [5.74, 6) is 0.604. The van der Waals surface area contributed by atoms with Crippen molar-refractivity contribution >= 4 is 17.4 Å². The number of anilines is 2. The van der Waals surface area contributed by atoms with Crippen molar-refractivity contribution in [1.29, 1.82) is 0 Å². The van der Waals surface area contributed by atoms with E-state index in [-0.39, 0.29) is 5.91 Å². The van der Waals surface area contributed by atoms with Gasteiger partial charge in [-0.2, -0.15) is 0 Å². The van der Waals surface area contributed by atoms with E-state index in [2.05, 4.69) is 15.6 Å². The smallest absolute Gasteiger partial charge is 0.255 e. The Labute approximate surface area is 118 Å². The highest BCUT2D eigenvalue weighted by Crippen LogP contribution is 2.11. The first-order chi connectivity index (χ1) is 9.79. The van der Waals surface area contributed by atoms with Crippen molar-refractivity contribution in [2.45, 2.75) is 0 Å². The number of ether oxygens (including phenoxy) is 1. The molecule has 104 valence electrons. The molecule has 0 aliphatic carbocycles. The Bertz CT molecular complexity index is 541. The minimum atomic E-state index is -0.146. The van der Waals surface area contributed by atoms with Gasteiger partial charge in [-0.15, -0.1) is 0 Å². The first-order valence-corrected chi connectivity index (χ1v) is 6.35. The van der Waals surface area contributed by atoms with Crippen LogP contribution in [0.15, 0.2) is 48.7 Å². The Hall–Kier alpha value is -2.40. The average molecular weight is 271 g/mol. The summed E-state index contributed by atoms with van der Waals surface area (Å²) in [6.07, 6.45) is 1.62. The lowest BCUT2D eigenvalue weighted by molar-refractivity contribution is 0.102. The lowest BCUT2D eigenvalue weighted by Crippen LogP contribution is -2.12. The Kier molecular flexibility index (Phi) is 5.08. The van der Waals surface area contributed by atoms with Gasteiger partial charge < -0.3 is 15.4 Å². The second-order valence-corrected chi connectivity index (χ2v) is 4.17. The lowest BCUT2D eigenvalue weighted by Gasteiger charge is -2.07. The summed E-state index contributed by atoms with van der Waals surface area (Å²) in [6.45, 7) is 1.31. The molecule has 0 saturated carbocycles. The first-order valence-electron chi connectivity index (χ1n) is 6.35. The number of nitrogens with zero attached hydrogens (tertiary/aromatic N) is 1. The molecule has 0 fully saturated rings. The van der Waals surface area contributed by atoms with Crippen molar-refractivity contribution in [3.63, 3.8) is 0 Å². The van der Waals surface area contributed by atoms with Crippen molar-refractivity contribution in [1.82, 2.24) is 4.98 Å². The fraction of sp³-hybridized carbons (Fsp3) is 0.200. The van der Waals surface area contributed by atoms with Gasteiger partial charge in [-0.25, -0.2) is 4.98 Å². The third-order valence-electron chi connectivity index (χ3n) is 2.67. The lowest BCUT2D eigenvalue weighted by atomic mass is 10.2. The Balaban J connectivity index is 1.92. The quantitative estimate of drug-likeness (QED) is 0.792. The maximum absolute atomic E-state index is 11.9. The summed E-state index contributed by atoms with van der Waals surface area (Å²) in [7, 11) is 1.65. The molecule has 1 amide bonds. The molecule has 0 atom stereocenters. The molecule has 0 bridgehead atoms. The first kappa shape index (κ1) is 14.0. The zero-order valence-corrected chi connectivity index (χ0v) is 11.3. The zero-order valence-electron chi connectivity index (χ0n) is 11.3. The molecule has 1 aromatic heterocycles. The molecule has 5 heteroatoms. The van der Waals surface area contributed by atoms with E-state index in [9.17, 15) is 4.79 Å². The van der Waals surface area contributed by atoms with Gasteiger partial charge in [-0.3, -0.25) is 4.79 Å². The number of carbonyl (C=O) groups is 1. The van der Waals surface area contributed by atoms with E-state index in [0.29, 0.717) is 24.4 Å². The highest BCUT2D eigenvalue weighted by molar-refractivity contribution is 6.04. The summed E-state index contributed by atoms with van der Waals surface area (Å²) >= 11 is 0. The van der Waals surface area contributed by atoms with Crippen LogP contribution in [0.1, 0.15) is 10.4 Å². The second kappa shape index (κ2) is 7.25. The van der Waals surface area contributed by atoms with E-state index in [0.717, 1.165) is 5.82 Å². The number of aromatic nitrogens is 1. The largest absolute Gasteiger partial charge is 0.383 e. The predicted molar refractivity (Wildman–Crippen MR) is 79.0 cm³/mol. The average Bonchev–Trinajstić information content (AvgIpc) is 2.50. The molecule has 2 rings (SSSR count). The van der Waals surface area contributed by atoms with Crippen molar-refractivity contribution in [2.75, 3.05) is 30.9 Å². The fourth-order valence-corrected chi connectivity index (χ4v) is 1.65. The Morgan fingerprint density at radius 3 is 2.65 bits per heavy atom. The number of rotatable bonds is 6. The van der Waals surface area contributed by atoms with E-state index in [4.69, 9.17) is 4.74 Å². The Morgan fingerprint density at radius 1 is 1.20 bits per heavy atom. The van der Waals surface area contributed by atoms with Gasteiger partial charge >= 0.3 is 0 Å². The number of pyridine rings is 1. The summed E-state index contributed by atoms with van der Waals surface area (Å²) in [5, 5.41) is 5.91. The van der Waals surface area contributed by atoms with Crippen molar-refractivity contribution in [3.8, 4) is 0 Å². The van der Waals surface area contributed by atoms with Crippen molar-refractivity contribution in [2.24, 2.45) is 0 Å². The SMILES string of the molecule is COCCNc1ccc(NC(=O)c2ccccc2)cn1. The zero-order chi connectivity index (χ0) is 14.2. The monoisotopic (exact) mass is 271 g/mol. The molecule has 0 spiro atoms. The second-order valence-electron chi connectivity index (χ2n) is 4.17. The summed E-state index contributed by atoms with van der Waals surface area (Å²) in [4.78, 5) is 16.2. The van der Waals surface area contributed by atoms with Gasteiger partial charge in [0.05, 0.1) is 18.5 Å². The maximum Gasteiger partial charge on any atom is 0.255 e. The number of nitrogens with one attached hydrogen (secondary N) is 2. The number of amides is 1. The molecule has 1 heterocycles. The summed E-state index contributed by atoms with van der Waals surface area (Å²) < 4.78 is 4.94. The molecule has 5 nitrogen and oxygen atoms in total. The standard InChI is InChI=1S/C15H17N3O2/c1-20-10-9-16-14-8-7-13(11-17-14)18-15(19)12-5-3-2-4-6-12/h2-8,11H,9-10H2,1H3,(H,16,17)(H,18,19). The van der Waals surface area contributed by atoms with Crippen LogP contribution in [0.4, 0.5) is 11.5 Å². The van der Waals surface area contributed by atoms with Gasteiger partial charge in [0.2, 0.25) is 0 Å². The third-order valence-corrected chi connectivity index (χ3v) is 2.67. The number of benzene rings is 1. The molecular weight excluding hydrogens is 254 g/mol. The minimum absolute atomic E-state index is 0.146. The predicted octanol–water partition coefficient (Wildman–Crippen LogP) is 2.39. The number of hydrogen-bond acceptors (Lipinski definition) is 4. The number of methoxy groups -OCH3 is 1. The normalized spacial score (nSPS) is 10.1. The van der Waals surface area contributed by atoms with Crippen LogP contribution in [-0.4, -0.2) is 31.2 Å². The molecule has 2 aromatic rings. The van der Waals surface area contributed by atoms with Crippen molar-refractivity contribution < 1.29 is 9.53 Å². The topological polar surface area (TPSA) is 63.2 Å². The van der Waals surface area contributed by atoms with E-state index in [1.54, 1.807) is 25.4 Å². The van der Waals surface area contributed by atoms with Gasteiger partial charge in [-0.1, -0.05) is 18.2 Å². The van der Waals surface area contributed by atoms with E-state index in [1.807, 2.05) is 30.3 Å². The minimum Gasteiger partial charge on any atom is -0.383 e. The molecule has 0 radical (unpaired) electrons. The fourth-order valence-electron chi connectivity index (χ4n) is 1.65. The number of carbonyl (C=O) groups excluding carboxylic acids is 1. The van der Waals surface area contributed by atoms with Crippen molar-refractivity contribution in [3.05, 3.63) is 54.2 Å². The highest BCUT2D eigenvalue weighted by Gasteiger charge is 2.05. The number of hydrogen-bond donors (Lipinski definition) is 2. The van der Waals surface area contributed by atoms with E-state index >= 15 is 0 Å². The maximum atomic E-state index is 11.9. The molecule has 2 N–H and O–H groups in total.